The van der Waals surface area contributed by atoms with E-state index in [1.807, 2.05) is 6.92 Å². The molecule has 0 fully saturated rings. The van der Waals surface area contributed by atoms with Crippen molar-refractivity contribution < 1.29 is 9.90 Å². The number of carbonyl (C=O) groups is 1. The molecule has 0 amide bonds. The fourth-order valence-corrected chi connectivity index (χ4v) is 3.12. The van der Waals surface area contributed by atoms with Gasteiger partial charge in [0, 0.05) is 6.42 Å². The third kappa shape index (κ3) is 30.7. The Bertz CT molecular complexity index is 271. The smallest absolute Gasteiger partial charge is 0.303 e. The van der Waals surface area contributed by atoms with Gasteiger partial charge in [-0.15, -0.1) is 24.4 Å². The van der Waals surface area contributed by atoms with E-state index in [0.717, 1.165) is 22.1 Å². The van der Waals surface area contributed by atoms with Crippen LogP contribution in [-0.4, -0.2) is 20.4 Å². The van der Waals surface area contributed by atoms with Gasteiger partial charge in [0.15, 0.2) is 0 Å². The molecule has 2 nitrogen and oxygen atoms in total. The fraction of sp³-hybridized carbons (Fsp3) is 0.889. The van der Waals surface area contributed by atoms with Crippen LogP contribution < -0.4 is 0 Å². The number of rotatable bonds is 14. The largest absolute Gasteiger partial charge is 0.481 e. The number of carboxylic acids is 1. The molecule has 0 aliphatic rings. The molecule has 1 N–H and O–H groups in total. The Kier molecular flexibility index (Phi) is 24.7. The molecule has 0 aromatic rings. The SMILES string of the molecule is CCCCC(=O)O.CCCCCCCCCCCCSC(=S)S. The Labute approximate surface area is 159 Å². The topological polar surface area (TPSA) is 37.3 Å². The maximum atomic E-state index is 9.76. The number of carboxylic acid groups (broad SMARTS) is 1. The van der Waals surface area contributed by atoms with E-state index in [9.17, 15) is 4.79 Å². The maximum Gasteiger partial charge on any atom is 0.303 e. The minimum atomic E-state index is -0.693. The highest BCUT2D eigenvalue weighted by Crippen LogP contribution is 2.14. The molecular weight excluding hydrogens is 344 g/mol. The van der Waals surface area contributed by atoms with Gasteiger partial charge in [0.05, 0.1) is 0 Å². The van der Waals surface area contributed by atoms with Crippen LogP contribution in [-0.2, 0) is 4.79 Å². The molecule has 0 radical (unpaired) electrons. The molecule has 0 unspecified atom stereocenters. The van der Waals surface area contributed by atoms with Crippen LogP contribution in [0.15, 0.2) is 0 Å². The molecule has 0 rings (SSSR count). The zero-order valence-electron chi connectivity index (χ0n) is 15.0. The van der Waals surface area contributed by atoms with E-state index < -0.39 is 5.97 Å². The van der Waals surface area contributed by atoms with Crippen LogP contribution in [0.1, 0.15) is 97.3 Å². The number of thiol groups is 1. The summed E-state index contributed by atoms with van der Waals surface area (Å²) < 4.78 is 0.788. The highest BCUT2D eigenvalue weighted by molar-refractivity contribution is 8.41. The Morgan fingerprint density at radius 1 is 0.870 bits per heavy atom. The van der Waals surface area contributed by atoms with Crippen molar-refractivity contribution in [3.63, 3.8) is 0 Å². The van der Waals surface area contributed by atoms with Gasteiger partial charge < -0.3 is 5.11 Å². The number of aliphatic carboxylic acids is 1. The van der Waals surface area contributed by atoms with E-state index in [2.05, 4.69) is 19.6 Å². The molecule has 138 valence electrons. The zero-order chi connectivity index (χ0) is 17.8. The molecule has 0 atom stereocenters. The van der Waals surface area contributed by atoms with Gasteiger partial charge in [-0.05, 0) is 18.6 Å². The Morgan fingerprint density at radius 3 is 1.65 bits per heavy atom. The molecule has 0 bridgehead atoms. The first kappa shape index (κ1) is 25.5. The van der Waals surface area contributed by atoms with Gasteiger partial charge in [-0.1, -0.05) is 90.3 Å². The predicted octanol–water partition coefficient (Wildman–Crippen LogP) is 7.12. The van der Waals surface area contributed by atoms with Crippen LogP contribution in [0.3, 0.4) is 0 Å². The van der Waals surface area contributed by atoms with Crippen molar-refractivity contribution in [1.29, 1.82) is 0 Å². The van der Waals surface area contributed by atoms with Crippen LogP contribution in [0.2, 0.25) is 0 Å². The summed E-state index contributed by atoms with van der Waals surface area (Å²) in [7, 11) is 0. The summed E-state index contributed by atoms with van der Waals surface area (Å²) in [4.78, 5) is 9.76. The number of thioether (sulfide) groups is 1. The van der Waals surface area contributed by atoms with E-state index in [0.29, 0.717) is 6.42 Å². The van der Waals surface area contributed by atoms with E-state index in [1.54, 1.807) is 11.8 Å². The molecule has 0 saturated heterocycles. The van der Waals surface area contributed by atoms with Gasteiger partial charge in [0.1, 0.15) is 3.53 Å². The molecule has 0 spiro atoms. The summed E-state index contributed by atoms with van der Waals surface area (Å²) in [5.74, 6) is 0.459. The average Bonchev–Trinajstić information content (AvgIpc) is 2.51. The summed E-state index contributed by atoms with van der Waals surface area (Å²) >= 11 is 10.7. The molecule has 0 heterocycles. The average molecular weight is 381 g/mol. The molecule has 23 heavy (non-hydrogen) atoms. The van der Waals surface area contributed by atoms with E-state index in [4.69, 9.17) is 17.3 Å². The first-order valence-corrected chi connectivity index (χ1v) is 11.0. The fourth-order valence-electron chi connectivity index (χ4n) is 2.08. The van der Waals surface area contributed by atoms with Gasteiger partial charge >= 0.3 is 5.97 Å². The lowest BCUT2D eigenvalue weighted by Crippen LogP contribution is -1.91. The van der Waals surface area contributed by atoms with Crippen LogP contribution in [0.25, 0.3) is 0 Å². The highest BCUT2D eigenvalue weighted by atomic mass is 32.2. The van der Waals surface area contributed by atoms with Crippen LogP contribution in [0.5, 0.6) is 0 Å². The summed E-state index contributed by atoms with van der Waals surface area (Å²) in [6.45, 7) is 4.25. The summed E-state index contributed by atoms with van der Waals surface area (Å²) in [5, 5.41) is 8.04. The highest BCUT2D eigenvalue weighted by Gasteiger charge is 1.94. The van der Waals surface area contributed by atoms with E-state index in [-0.39, 0.29) is 0 Å². The van der Waals surface area contributed by atoms with Gasteiger partial charge in [0.25, 0.3) is 0 Å². The second kappa shape index (κ2) is 22.3. The number of thiocarbonyl (C=S) groups is 1. The van der Waals surface area contributed by atoms with Crippen LogP contribution in [0, 0.1) is 0 Å². The van der Waals surface area contributed by atoms with Gasteiger partial charge in [-0.25, -0.2) is 0 Å². The lowest BCUT2D eigenvalue weighted by molar-refractivity contribution is -0.137. The number of unbranched alkanes of at least 4 members (excludes halogenated alkanes) is 10. The third-order valence-corrected chi connectivity index (χ3v) is 4.95. The predicted molar refractivity (Wildman–Crippen MR) is 113 cm³/mol. The van der Waals surface area contributed by atoms with E-state index >= 15 is 0 Å². The van der Waals surface area contributed by atoms with Gasteiger partial charge in [0.2, 0.25) is 0 Å². The molecular formula is C18H36O2S3. The van der Waals surface area contributed by atoms with Gasteiger partial charge in [-0.2, -0.15) is 0 Å². The third-order valence-electron chi connectivity index (χ3n) is 3.47. The monoisotopic (exact) mass is 380 g/mol. The molecule has 5 heteroatoms. The van der Waals surface area contributed by atoms with Crippen molar-refractivity contribution in [3.8, 4) is 0 Å². The second-order valence-corrected chi connectivity index (χ2v) is 8.62. The molecule has 0 aromatic carbocycles. The number of hydrogen-bond acceptors (Lipinski definition) is 3. The normalized spacial score (nSPS) is 10.0. The quantitative estimate of drug-likeness (QED) is 0.191. The van der Waals surface area contributed by atoms with Crippen LogP contribution in [0.4, 0.5) is 0 Å². The van der Waals surface area contributed by atoms with Crippen molar-refractivity contribution in [1.82, 2.24) is 0 Å². The Morgan fingerprint density at radius 2 is 1.30 bits per heavy atom. The Hall–Kier alpha value is 0.260. The Balaban J connectivity index is 0. The van der Waals surface area contributed by atoms with E-state index in [1.165, 1.54) is 64.2 Å². The lowest BCUT2D eigenvalue weighted by Gasteiger charge is -2.01. The lowest BCUT2D eigenvalue weighted by atomic mass is 10.1. The van der Waals surface area contributed by atoms with Crippen molar-refractivity contribution in [2.24, 2.45) is 0 Å². The number of hydrogen-bond donors (Lipinski definition) is 2. The standard InChI is InChI=1S/C13H26S3.C5H10O2/c1-2-3-4-5-6-7-8-9-10-11-12-16-13(14)15;1-2-3-4-5(6)7/h2-12H2,1H3,(H,14,15);2-4H2,1H3,(H,6,7). The van der Waals surface area contributed by atoms with Crippen LogP contribution >= 0.6 is 36.6 Å². The minimum absolute atomic E-state index is 0.316. The first-order chi connectivity index (χ1) is 11.0. The summed E-state index contributed by atoms with van der Waals surface area (Å²) in [6.07, 6.45) is 16.1. The molecule has 0 saturated carbocycles. The van der Waals surface area contributed by atoms with Gasteiger partial charge in [-0.3, -0.25) is 4.79 Å². The minimum Gasteiger partial charge on any atom is -0.481 e. The first-order valence-electron chi connectivity index (χ1n) is 9.12. The van der Waals surface area contributed by atoms with Crippen molar-refractivity contribution in [3.05, 3.63) is 0 Å². The summed E-state index contributed by atoms with van der Waals surface area (Å²) in [6, 6.07) is 0. The molecule has 0 aliphatic heterocycles. The molecule has 0 aromatic heterocycles. The second-order valence-electron chi connectivity index (χ2n) is 5.79. The molecule has 0 aliphatic carbocycles. The zero-order valence-corrected chi connectivity index (χ0v) is 17.5. The van der Waals surface area contributed by atoms with Crippen molar-refractivity contribution in [2.45, 2.75) is 97.3 Å². The maximum absolute atomic E-state index is 9.76. The summed E-state index contributed by atoms with van der Waals surface area (Å²) in [5.41, 5.74) is 0. The van der Waals surface area contributed by atoms with Crippen molar-refractivity contribution >= 4 is 46.1 Å². The van der Waals surface area contributed by atoms with Crippen molar-refractivity contribution in [2.75, 3.05) is 5.75 Å².